The van der Waals surface area contributed by atoms with Crippen molar-refractivity contribution >= 4 is 29.3 Å². The number of carbonyl (C=O) groups is 2. The second-order valence-corrected chi connectivity index (χ2v) is 6.48. The Kier molecular flexibility index (Phi) is 5.82. The Balaban J connectivity index is 1.93. The maximum Gasteiger partial charge on any atom is 0.253 e. The fraction of sp³-hybridized carbons (Fsp3) is 0.222. The third-order valence-corrected chi connectivity index (χ3v) is 4.20. The van der Waals surface area contributed by atoms with Crippen LogP contribution in [-0.2, 0) is 4.79 Å². The Morgan fingerprint density at radius 3 is 2.43 bits per heavy atom. The number of nitrogens with zero attached hydrogens (tertiary/aromatic N) is 1. The maximum atomic E-state index is 12.0. The monoisotopic (exact) mass is 328 g/mol. The van der Waals surface area contributed by atoms with Crippen molar-refractivity contribution in [3.05, 3.63) is 59.7 Å². The van der Waals surface area contributed by atoms with Crippen molar-refractivity contribution in [3.8, 4) is 0 Å². The first-order valence-electron chi connectivity index (χ1n) is 7.27. The summed E-state index contributed by atoms with van der Waals surface area (Å²) in [6.45, 7) is 2.03. The van der Waals surface area contributed by atoms with E-state index in [1.165, 1.54) is 22.2 Å². The van der Waals surface area contributed by atoms with E-state index in [0.29, 0.717) is 17.0 Å². The number of nitrogens with one attached hydrogen (secondary N) is 1. The number of hydrogen-bond donors (Lipinski definition) is 1. The number of anilines is 1. The van der Waals surface area contributed by atoms with Crippen LogP contribution in [0.1, 0.15) is 15.9 Å². The van der Waals surface area contributed by atoms with E-state index in [4.69, 9.17) is 0 Å². The van der Waals surface area contributed by atoms with Gasteiger partial charge in [-0.1, -0.05) is 23.8 Å². The predicted molar refractivity (Wildman–Crippen MR) is 95.0 cm³/mol. The van der Waals surface area contributed by atoms with Gasteiger partial charge in [-0.25, -0.2) is 0 Å². The van der Waals surface area contributed by atoms with Crippen LogP contribution in [0.5, 0.6) is 0 Å². The highest BCUT2D eigenvalue weighted by molar-refractivity contribution is 8.00. The second kappa shape index (κ2) is 7.83. The molecule has 2 rings (SSSR count). The summed E-state index contributed by atoms with van der Waals surface area (Å²) < 4.78 is 0. The van der Waals surface area contributed by atoms with Crippen molar-refractivity contribution in [1.82, 2.24) is 4.90 Å². The van der Waals surface area contributed by atoms with Gasteiger partial charge in [0.15, 0.2) is 0 Å². The van der Waals surface area contributed by atoms with Gasteiger partial charge in [0.2, 0.25) is 5.91 Å². The smallest absolute Gasteiger partial charge is 0.253 e. The Morgan fingerprint density at radius 2 is 1.78 bits per heavy atom. The van der Waals surface area contributed by atoms with Gasteiger partial charge in [-0.15, -0.1) is 11.8 Å². The number of amides is 2. The van der Waals surface area contributed by atoms with E-state index in [1.807, 2.05) is 31.2 Å². The first-order chi connectivity index (χ1) is 11.0. The van der Waals surface area contributed by atoms with E-state index in [2.05, 4.69) is 5.32 Å². The van der Waals surface area contributed by atoms with Gasteiger partial charge < -0.3 is 10.2 Å². The van der Waals surface area contributed by atoms with Gasteiger partial charge in [0.25, 0.3) is 5.91 Å². The number of carbonyl (C=O) groups excluding carboxylic acids is 2. The van der Waals surface area contributed by atoms with Gasteiger partial charge in [-0.3, -0.25) is 9.59 Å². The number of benzene rings is 2. The third kappa shape index (κ3) is 5.14. The maximum absolute atomic E-state index is 12.0. The first kappa shape index (κ1) is 17.1. The zero-order valence-corrected chi connectivity index (χ0v) is 14.3. The lowest BCUT2D eigenvalue weighted by molar-refractivity contribution is -0.113. The predicted octanol–water partition coefficient (Wildman–Crippen LogP) is 3.43. The Bertz CT molecular complexity index is 696. The zero-order chi connectivity index (χ0) is 16.8. The normalized spacial score (nSPS) is 10.2. The van der Waals surface area contributed by atoms with Gasteiger partial charge in [-0.2, -0.15) is 0 Å². The first-order valence-corrected chi connectivity index (χ1v) is 8.25. The summed E-state index contributed by atoms with van der Waals surface area (Å²) in [5, 5.41) is 2.83. The van der Waals surface area contributed by atoms with Crippen LogP contribution >= 0.6 is 11.8 Å². The number of aryl methyl sites for hydroxylation is 1. The van der Waals surface area contributed by atoms with Crippen molar-refractivity contribution < 1.29 is 9.59 Å². The van der Waals surface area contributed by atoms with Crippen molar-refractivity contribution in [3.63, 3.8) is 0 Å². The van der Waals surface area contributed by atoms with E-state index in [-0.39, 0.29) is 11.8 Å². The lowest BCUT2D eigenvalue weighted by Gasteiger charge is -2.11. The Morgan fingerprint density at radius 1 is 1.09 bits per heavy atom. The molecule has 0 aliphatic carbocycles. The SMILES string of the molecule is Cc1ccc(SCC(=O)Nc2cccc(C(=O)N(C)C)c2)cc1. The summed E-state index contributed by atoms with van der Waals surface area (Å²) in [5.41, 5.74) is 2.38. The number of rotatable bonds is 5. The van der Waals surface area contributed by atoms with Gasteiger partial charge in [0, 0.05) is 30.2 Å². The summed E-state index contributed by atoms with van der Waals surface area (Å²) in [6.07, 6.45) is 0. The highest BCUT2D eigenvalue weighted by Crippen LogP contribution is 2.19. The molecule has 0 saturated heterocycles. The van der Waals surface area contributed by atoms with Crippen LogP contribution in [-0.4, -0.2) is 36.6 Å². The highest BCUT2D eigenvalue weighted by Gasteiger charge is 2.09. The minimum absolute atomic E-state index is 0.0878. The summed E-state index contributed by atoms with van der Waals surface area (Å²) in [5.74, 6) is 0.148. The van der Waals surface area contributed by atoms with Gasteiger partial charge in [-0.05, 0) is 37.3 Å². The Labute approximate surface area is 140 Å². The average molecular weight is 328 g/mol. The lowest BCUT2D eigenvalue weighted by Crippen LogP contribution is -2.22. The van der Waals surface area contributed by atoms with E-state index in [9.17, 15) is 9.59 Å². The fourth-order valence-electron chi connectivity index (χ4n) is 1.97. The van der Waals surface area contributed by atoms with E-state index >= 15 is 0 Å². The van der Waals surface area contributed by atoms with Gasteiger partial charge >= 0.3 is 0 Å². The molecule has 0 unspecified atom stereocenters. The molecular formula is C18H20N2O2S. The molecule has 0 aliphatic rings. The topological polar surface area (TPSA) is 49.4 Å². The molecule has 0 aromatic heterocycles. The average Bonchev–Trinajstić information content (AvgIpc) is 2.53. The molecule has 0 saturated carbocycles. The lowest BCUT2D eigenvalue weighted by atomic mass is 10.2. The molecule has 120 valence electrons. The quantitative estimate of drug-likeness (QED) is 0.856. The standard InChI is InChI=1S/C18H20N2O2S/c1-13-7-9-16(10-8-13)23-12-17(21)19-15-6-4-5-14(11-15)18(22)20(2)3/h4-11H,12H2,1-3H3,(H,19,21). The zero-order valence-electron chi connectivity index (χ0n) is 13.5. The summed E-state index contributed by atoms with van der Waals surface area (Å²) in [6, 6.07) is 15.0. The molecule has 5 heteroatoms. The molecular weight excluding hydrogens is 308 g/mol. The number of hydrogen-bond acceptors (Lipinski definition) is 3. The minimum Gasteiger partial charge on any atom is -0.345 e. The van der Waals surface area contributed by atoms with Crippen LogP contribution in [0.3, 0.4) is 0 Å². The van der Waals surface area contributed by atoms with Crippen molar-refractivity contribution in [2.24, 2.45) is 0 Å². The van der Waals surface area contributed by atoms with Crippen molar-refractivity contribution in [2.75, 3.05) is 25.2 Å². The molecule has 0 fully saturated rings. The second-order valence-electron chi connectivity index (χ2n) is 5.43. The number of thioether (sulfide) groups is 1. The molecule has 1 N–H and O–H groups in total. The van der Waals surface area contributed by atoms with Crippen LogP contribution in [0.25, 0.3) is 0 Å². The van der Waals surface area contributed by atoms with Crippen LogP contribution in [0.15, 0.2) is 53.4 Å². The molecule has 2 amide bonds. The molecule has 23 heavy (non-hydrogen) atoms. The Hall–Kier alpha value is -2.27. The molecule has 0 aliphatic heterocycles. The van der Waals surface area contributed by atoms with E-state index in [0.717, 1.165) is 4.90 Å². The van der Waals surface area contributed by atoms with Crippen LogP contribution < -0.4 is 5.32 Å². The van der Waals surface area contributed by atoms with Crippen molar-refractivity contribution in [2.45, 2.75) is 11.8 Å². The third-order valence-electron chi connectivity index (χ3n) is 3.19. The highest BCUT2D eigenvalue weighted by atomic mass is 32.2. The van der Waals surface area contributed by atoms with Crippen LogP contribution in [0.4, 0.5) is 5.69 Å². The molecule has 4 nitrogen and oxygen atoms in total. The molecule has 0 radical (unpaired) electrons. The molecule has 2 aromatic rings. The van der Waals surface area contributed by atoms with E-state index in [1.54, 1.807) is 38.4 Å². The molecule has 0 spiro atoms. The largest absolute Gasteiger partial charge is 0.345 e. The summed E-state index contributed by atoms with van der Waals surface area (Å²) in [4.78, 5) is 26.5. The van der Waals surface area contributed by atoms with Crippen molar-refractivity contribution in [1.29, 1.82) is 0 Å². The van der Waals surface area contributed by atoms with Crippen LogP contribution in [0, 0.1) is 6.92 Å². The molecule has 0 bridgehead atoms. The van der Waals surface area contributed by atoms with E-state index < -0.39 is 0 Å². The van der Waals surface area contributed by atoms with Gasteiger partial charge in [0.1, 0.15) is 0 Å². The molecule has 0 atom stereocenters. The molecule has 0 heterocycles. The minimum atomic E-state index is -0.0926. The van der Waals surface area contributed by atoms with Crippen LogP contribution in [0.2, 0.25) is 0 Å². The van der Waals surface area contributed by atoms with Gasteiger partial charge in [0.05, 0.1) is 5.75 Å². The summed E-state index contributed by atoms with van der Waals surface area (Å²) in [7, 11) is 3.40. The molecule has 2 aromatic carbocycles. The summed E-state index contributed by atoms with van der Waals surface area (Å²) >= 11 is 1.48. The fourth-order valence-corrected chi connectivity index (χ4v) is 2.67.